The molecule has 146 heavy (non-hydrogen) atoms. The van der Waals surface area contributed by atoms with E-state index in [2.05, 4.69) is 51.4 Å². The monoisotopic (exact) mass is 2010 g/mol. The van der Waals surface area contributed by atoms with Crippen LogP contribution in [0.1, 0.15) is 176 Å². The summed E-state index contributed by atoms with van der Waals surface area (Å²) < 4.78 is 50.0. The Labute approximate surface area is 842 Å². The van der Waals surface area contributed by atoms with Crippen LogP contribution >= 0.6 is 0 Å². The number of para-hydroxylation sites is 1. The molecule has 0 spiro atoms. The summed E-state index contributed by atoms with van der Waals surface area (Å²) in [6.07, 6.45) is 10.4. The van der Waals surface area contributed by atoms with Crippen LogP contribution in [0, 0.1) is 70.0 Å². The fraction of sp³-hybridized carbons (Fsp3) is 0.419. The highest BCUT2D eigenvalue weighted by atomic mass is 16.6. The number of carboxylic acid groups (broad SMARTS) is 1. The first-order valence-electron chi connectivity index (χ1n) is 48.1. The molecule has 4 heterocycles. The normalized spacial score (nSPS) is 23.3. The number of primary amides is 2. The summed E-state index contributed by atoms with van der Waals surface area (Å²) >= 11 is 0. The number of carboxylic acids is 1. The number of carbonyl (C=O) groups excluding carboxylic acids is 11. The average Bonchev–Trinajstić information content (AvgIpc) is 0.833. The highest BCUT2D eigenvalue weighted by Crippen LogP contribution is 2.44. The number of hydrogen-bond acceptors (Lipinski definition) is 36. The van der Waals surface area contributed by atoms with E-state index in [1.54, 1.807) is 103 Å². The van der Waals surface area contributed by atoms with Crippen LogP contribution in [0.4, 0.5) is 45.4 Å². The second-order valence-corrected chi connectivity index (χ2v) is 36.8. The fourth-order valence-electron chi connectivity index (χ4n) is 19.4. The van der Waals surface area contributed by atoms with E-state index in [-0.39, 0.29) is 126 Å². The topological polar surface area (TPSA) is 612 Å². The van der Waals surface area contributed by atoms with Crippen LogP contribution < -0.4 is 49.8 Å². The predicted octanol–water partition coefficient (Wildman–Crippen LogP) is 13.2. The van der Waals surface area contributed by atoms with Crippen LogP contribution in [0.2, 0.25) is 0 Å². The van der Waals surface area contributed by atoms with E-state index in [1.807, 2.05) is 90.1 Å². The van der Waals surface area contributed by atoms with Crippen molar-refractivity contribution >= 4 is 146 Å². The standard InChI is InChI=1S/C31H42N6O7.C27H30O8.C26H27NO7.C19H23N9O.C2H4N2/c1-16-17(2)27(43-18(3)38)25(14-22(16)30(41)42-4)44-26(39)12-19-8-5-6-11-24(19)36-31-34-15-23(28(33)40)29(37-31)35-21-10-7-9-20(32)13-21;1-15-16(2)25(34-17(3)28)23(14-22(15)27(32)33-4)35-24(29)13-18-9-5-6-10-19(18)20-11-7-8-12-21(20)26(30)31;1-14-15(2)23(33-16(3)28)22(13-20(14)25(30)32-4)34-26(31)27-21-12-8-7-10-18(21)17-9-5-6-11-19(17)24(27)29;20-15-6-1-2-7-16(15)26-19-22-11-14(17(21)29)18(27-19)25-12-4-3-5-13(10-12)28-23-8-9-24-28;3-1-2-4/h7,9-10,13,15-17,19,22,24-25,27H,5-6,8,11-12,14,32H2,1-4H3,(H2,33,40)(H2,34,35,36,37);5-12,15-16,22-23,25H,13-14H2,1-4H3,(H,30,31);5-12,14-15,20,22-23H,13H2,1-4H3;3-5,8-11,15-16H,1-2,6-7,20H2,(H2,21,29)(H2,22,25,26,27);1-4H/t16-,17-,19+,22?,24+,25?,27?;15-,16-,22?,23+,25?;14-,15-,20?,22+,23?;15-,16+;/m0000./s1. The van der Waals surface area contributed by atoms with Crippen molar-refractivity contribution < 1.29 is 105 Å². The first-order chi connectivity index (χ1) is 69.8. The number of ether oxygens (including phenoxy) is 9. The number of pyridine rings is 1. The first kappa shape index (κ1) is 110. The van der Waals surface area contributed by atoms with Gasteiger partial charge in [0.25, 0.3) is 17.4 Å². The molecule has 15 N–H and O–H groups in total. The summed E-state index contributed by atoms with van der Waals surface area (Å²) in [5.74, 6) is -7.68. The molecular weight excluding hydrogens is 1880 g/mol. The molecule has 10 aromatic rings. The number of amides is 2. The summed E-state index contributed by atoms with van der Waals surface area (Å²) in [6, 6.07) is 42.2. The molecule has 5 aliphatic carbocycles. The number of esters is 8. The third kappa shape index (κ3) is 28.3. The number of methoxy groups -OCH3 is 3. The zero-order valence-electron chi connectivity index (χ0n) is 83.3. The Morgan fingerprint density at radius 1 is 0.479 bits per heavy atom. The molecule has 41 nitrogen and oxygen atoms in total. The van der Waals surface area contributed by atoms with Crippen molar-refractivity contribution in [1.82, 2.24) is 39.5 Å². The zero-order chi connectivity index (χ0) is 106. The van der Waals surface area contributed by atoms with E-state index in [9.17, 15) is 67.4 Å². The number of benzene rings is 6. The largest absolute Gasteiger partial charge is 0.478 e. The minimum Gasteiger partial charge on any atom is -0.478 e. The second kappa shape index (κ2) is 51.8. The van der Waals surface area contributed by atoms with Crippen molar-refractivity contribution in [3.05, 3.63) is 203 Å². The fourth-order valence-corrected chi connectivity index (χ4v) is 19.4. The van der Waals surface area contributed by atoms with Gasteiger partial charge in [0.05, 0.1) is 81.1 Å². The molecule has 15 rings (SSSR count). The molecule has 5 fully saturated rings. The molecule has 0 radical (unpaired) electrons. The number of aromatic carboxylic acids is 1. The van der Waals surface area contributed by atoms with Gasteiger partial charge in [-0.25, -0.2) is 24.1 Å². The van der Waals surface area contributed by atoms with Gasteiger partial charge >= 0.3 is 59.8 Å². The summed E-state index contributed by atoms with van der Waals surface area (Å²) in [5, 5.41) is 44.7. The third-order valence-electron chi connectivity index (χ3n) is 27.4. The van der Waals surface area contributed by atoms with Gasteiger partial charge in [0.15, 0.2) is 0 Å². The van der Waals surface area contributed by atoms with Gasteiger partial charge in [-0.2, -0.15) is 25.0 Å². The van der Waals surface area contributed by atoms with Crippen LogP contribution in [0.5, 0.6) is 0 Å². The predicted molar refractivity (Wildman–Crippen MR) is 541 cm³/mol. The number of nitrogens with zero attached hydrogens (tertiary/aromatic N) is 8. The summed E-state index contributed by atoms with van der Waals surface area (Å²) in [4.78, 5) is 181. The van der Waals surface area contributed by atoms with E-state index < -0.39 is 126 Å². The number of hydrogen-bond donors (Lipinski definition) is 11. The number of fused-ring (bicyclic) bond motifs is 3. The van der Waals surface area contributed by atoms with Crippen molar-refractivity contribution in [3.8, 4) is 16.8 Å². The van der Waals surface area contributed by atoms with Gasteiger partial charge in [-0.3, -0.25) is 52.7 Å². The number of anilines is 7. The van der Waals surface area contributed by atoms with E-state index in [0.717, 1.165) is 84.8 Å². The Balaban J connectivity index is 0.000000184. The van der Waals surface area contributed by atoms with Gasteiger partial charge in [0.1, 0.15) is 59.4 Å². The molecule has 6 aromatic carbocycles. The summed E-state index contributed by atoms with van der Waals surface area (Å²) in [7, 11) is 3.95. The molecule has 0 aliphatic heterocycles. The van der Waals surface area contributed by atoms with E-state index in [1.165, 1.54) is 65.4 Å². The maximum Gasteiger partial charge on any atom is 0.421 e. The van der Waals surface area contributed by atoms with E-state index >= 15 is 0 Å². The molecule has 41 heteroatoms. The molecule has 19 atom stereocenters. The highest BCUT2D eigenvalue weighted by molar-refractivity contribution is 6.12. The van der Waals surface area contributed by atoms with Gasteiger partial charge in [0.2, 0.25) is 11.9 Å². The summed E-state index contributed by atoms with van der Waals surface area (Å²) in [6.45, 7) is 15.1. The van der Waals surface area contributed by atoms with Gasteiger partial charge in [-0.05, 0) is 126 Å². The van der Waals surface area contributed by atoms with Gasteiger partial charge in [-0.15, -0.1) is 0 Å². The number of carbonyl (C=O) groups is 12. The number of nitrogen functional groups attached to an aromatic ring is 1. The Hall–Kier alpha value is -16.0. The van der Waals surface area contributed by atoms with Crippen LogP contribution in [0.3, 0.4) is 0 Å². The Morgan fingerprint density at radius 2 is 0.918 bits per heavy atom. The number of aromatic nitrogens is 8. The molecule has 0 saturated heterocycles. The third-order valence-corrected chi connectivity index (χ3v) is 27.4. The Morgan fingerprint density at radius 3 is 1.41 bits per heavy atom. The molecule has 7 unspecified atom stereocenters. The van der Waals surface area contributed by atoms with Crippen molar-refractivity contribution in [2.45, 2.75) is 201 Å². The molecule has 0 bridgehead atoms. The van der Waals surface area contributed by atoms with Gasteiger partial charge in [0, 0.05) is 129 Å². The van der Waals surface area contributed by atoms with Crippen molar-refractivity contribution in [3.63, 3.8) is 0 Å². The molecule has 5 saturated carbocycles. The molecule has 774 valence electrons. The lowest BCUT2D eigenvalue weighted by Gasteiger charge is -2.42. The second-order valence-electron chi connectivity index (χ2n) is 36.8. The van der Waals surface area contributed by atoms with Crippen molar-refractivity contribution in [2.24, 2.45) is 76.4 Å². The van der Waals surface area contributed by atoms with E-state index in [0.29, 0.717) is 56.4 Å². The minimum absolute atomic E-state index is 0.0535. The smallest absolute Gasteiger partial charge is 0.421 e. The van der Waals surface area contributed by atoms with Gasteiger partial charge < -0.3 is 103 Å². The number of nitrogens with two attached hydrogens (primary N) is 4. The average molecular weight is 2010 g/mol. The molecular formula is C105H126N18O23. The molecule has 5 aliphatic rings. The van der Waals surface area contributed by atoms with Crippen LogP contribution in [-0.4, -0.2) is 205 Å². The van der Waals surface area contributed by atoms with Crippen molar-refractivity contribution in [2.75, 3.05) is 48.3 Å². The number of rotatable bonds is 27. The van der Waals surface area contributed by atoms with Crippen LogP contribution in [0.15, 0.2) is 175 Å². The summed E-state index contributed by atoms with van der Waals surface area (Å²) in [5.41, 5.74) is 27.8. The van der Waals surface area contributed by atoms with Gasteiger partial charge in [-0.1, -0.05) is 158 Å². The lowest BCUT2D eigenvalue weighted by Crippen LogP contribution is -2.51. The maximum absolute atomic E-state index is 13.4. The SMILES string of the molecule is COC(=O)C1CC(OC(=O)C[C@H]2CCCC[C@H]2Nc2ncc(C(N)=O)c(Nc3cccc(N)c3)n2)C(OC(C)=O)[C@@H](C)[C@@H]1C.COC(=O)C1C[C@@H](OC(=O)Cc2ccccc2-c2ccccc2C(=O)O)C(OC(C)=O)[C@@H](C)[C@@H]1C.COC(=O)C1C[C@@H](OC(=O)n2c(=O)c3ccccc3c3ccccc32)C(OC(C)=O)[C@@H](C)[C@@H]1C.N=CC=N.NC(=O)c1cnc(N[C@@H]2CCCC[C@@H]2N)nc1Nc1cccc(-n2nccn2)c1. The minimum atomic E-state index is -1.07. The lowest BCUT2D eigenvalue weighted by molar-refractivity contribution is -0.186. The quantitative estimate of drug-likeness (QED) is 0.00749. The van der Waals surface area contributed by atoms with E-state index in [4.69, 9.17) is 76.4 Å². The zero-order valence-corrected chi connectivity index (χ0v) is 83.3. The van der Waals surface area contributed by atoms with Crippen LogP contribution in [-0.2, 0) is 87.4 Å². The molecule has 4 aromatic heterocycles. The molecule has 2 amide bonds. The van der Waals surface area contributed by atoms with Crippen molar-refractivity contribution in [1.29, 1.82) is 10.8 Å². The Bertz CT molecular complexity index is 6420. The maximum atomic E-state index is 13.4. The Kier molecular flexibility index (Phi) is 39.2. The lowest BCUT2D eigenvalue weighted by atomic mass is 9.70. The van der Waals surface area contributed by atoms with Crippen LogP contribution in [0.25, 0.3) is 38.5 Å². The highest BCUT2D eigenvalue weighted by Gasteiger charge is 2.51. The number of nitrogens with one attached hydrogen (secondary N) is 6. The first-order valence-corrected chi connectivity index (χ1v) is 48.1.